The predicted octanol–water partition coefficient (Wildman–Crippen LogP) is 1.34. The minimum atomic E-state index is -0.522. The van der Waals surface area contributed by atoms with Crippen LogP contribution in [0, 0.1) is 10.1 Å². The molecule has 1 fully saturated rings. The van der Waals surface area contributed by atoms with E-state index < -0.39 is 4.92 Å². The van der Waals surface area contributed by atoms with Crippen molar-refractivity contribution < 1.29 is 9.72 Å². The molecule has 2 rings (SSSR count). The van der Waals surface area contributed by atoms with Crippen molar-refractivity contribution in [2.24, 2.45) is 0 Å². The highest BCUT2D eigenvalue weighted by molar-refractivity contribution is 5.99. The fraction of sp³-hybridized carbons (Fsp3) is 0.500. The van der Waals surface area contributed by atoms with E-state index in [1.54, 1.807) is 11.9 Å². The molecule has 2 N–H and O–H groups in total. The summed E-state index contributed by atoms with van der Waals surface area (Å²) in [4.78, 5) is 26.7. The van der Waals surface area contributed by atoms with Gasteiger partial charge in [0, 0.05) is 30.9 Å². The topological polar surface area (TPSA) is 92.7 Å². The van der Waals surface area contributed by atoms with Crippen LogP contribution in [-0.4, -0.2) is 53.9 Å². The van der Waals surface area contributed by atoms with Crippen molar-refractivity contribution in [2.75, 3.05) is 32.9 Å². The summed E-state index contributed by atoms with van der Waals surface area (Å²) >= 11 is 0. The van der Waals surface area contributed by atoms with Crippen molar-refractivity contribution >= 4 is 17.3 Å². The normalized spacial score (nSPS) is 16.7. The number of rotatable bonds is 3. The van der Waals surface area contributed by atoms with Gasteiger partial charge < -0.3 is 15.5 Å². The maximum Gasteiger partial charge on any atom is 0.270 e. The number of carbonyl (C=O) groups excluding carboxylic acids is 1. The van der Waals surface area contributed by atoms with Crippen LogP contribution >= 0.6 is 0 Å². The molecule has 1 amide bonds. The number of hydrogen-bond donors (Lipinski definition) is 1. The molecule has 0 atom stereocenters. The van der Waals surface area contributed by atoms with Crippen LogP contribution in [0.25, 0.3) is 0 Å². The number of non-ortho nitro benzene ring substituents is 1. The summed E-state index contributed by atoms with van der Waals surface area (Å²) in [5.74, 6) is -0.259. The Bertz CT molecular complexity index is 553. The van der Waals surface area contributed by atoms with Crippen LogP contribution in [0.15, 0.2) is 18.2 Å². The van der Waals surface area contributed by atoms with Crippen molar-refractivity contribution in [3.05, 3.63) is 33.9 Å². The lowest BCUT2D eigenvalue weighted by Crippen LogP contribution is -2.44. The van der Waals surface area contributed by atoms with Crippen molar-refractivity contribution in [1.82, 2.24) is 9.80 Å². The number of carbonyl (C=O) groups is 1. The Kier molecular flexibility index (Phi) is 4.42. The maximum absolute atomic E-state index is 12.5. The summed E-state index contributed by atoms with van der Waals surface area (Å²) in [6.07, 6.45) is 1.79. The molecular weight excluding hydrogens is 272 g/mol. The van der Waals surface area contributed by atoms with Crippen molar-refractivity contribution in [2.45, 2.75) is 18.9 Å². The van der Waals surface area contributed by atoms with E-state index in [0.717, 1.165) is 25.9 Å². The van der Waals surface area contributed by atoms with E-state index in [0.29, 0.717) is 0 Å². The van der Waals surface area contributed by atoms with Gasteiger partial charge in [-0.1, -0.05) is 0 Å². The number of nitrogen functional groups attached to an aromatic ring is 1. The molecule has 1 aromatic rings. The summed E-state index contributed by atoms with van der Waals surface area (Å²) in [5, 5.41) is 10.8. The van der Waals surface area contributed by atoms with Gasteiger partial charge in [0.1, 0.15) is 0 Å². The van der Waals surface area contributed by atoms with Crippen LogP contribution in [0.3, 0.4) is 0 Å². The molecule has 7 nitrogen and oxygen atoms in total. The van der Waals surface area contributed by atoms with Gasteiger partial charge in [0.25, 0.3) is 11.6 Å². The first-order valence-electron chi connectivity index (χ1n) is 6.89. The van der Waals surface area contributed by atoms with Crippen LogP contribution in [-0.2, 0) is 0 Å². The number of piperidine rings is 1. The zero-order chi connectivity index (χ0) is 15.6. The Morgan fingerprint density at radius 2 is 2.05 bits per heavy atom. The quantitative estimate of drug-likeness (QED) is 0.515. The van der Waals surface area contributed by atoms with E-state index in [9.17, 15) is 14.9 Å². The monoisotopic (exact) mass is 292 g/mol. The predicted molar refractivity (Wildman–Crippen MR) is 80.1 cm³/mol. The minimum Gasteiger partial charge on any atom is -0.398 e. The van der Waals surface area contributed by atoms with Crippen molar-refractivity contribution in [1.29, 1.82) is 0 Å². The van der Waals surface area contributed by atoms with Gasteiger partial charge >= 0.3 is 0 Å². The molecule has 7 heteroatoms. The zero-order valence-corrected chi connectivity index (χ0v) is 12.3. The Labute approximate surface area is 123 Å². The SMILES string of the molecule is CN1CCC(N(C)C(=O)c2cc([N+](=O)[O-])ccc2N)CC1. The second kappa shape index (κ2) is 6.09. The number of amides is 1. The lowest BCUT2D eigenvalue weighted by atomic mass is 10.0. The average molecular weight is 292 g/mol. The first-order chi connectivity index (χ1) is 9.90. The lowest BCUT2D eigenvalue weighted by molar-refractivity contribution is -0.384. The maximum atomic E-state index is 12.5. The molecule has 21 heavy (non-hydrogen) atoms. The molecule has 0 aliphatic carbocycles. The van der Waals surface area contributed by atoms with Crippen LogP contribution < -0.4 is 5.73 Å². The van der Waals surface area contributed by atoms with E-state index in [1.165, 1.54) is 18.2 Å². The van der Waals surface area contributed by atoms with E-state index >= 15 is 0 Å². The number of anilines is 1. The minimum absolute atomic E-state index is 0.121. The van der Waals surface area contributed by atoms with Gasteiger partial charge in [-0.2, -0.15) is 0 Å². The first kappa shape index (κ1) is 15.2. The Morgan fingerprint density at radius 1 is 1.43 bits per heavy atom. The molecule has 1 aromatic carbocycles. The molecule has 0 spiro atoms. The van der Waals surface area contributed by atoms with E-state index in [4.69, 9.17) is 5.73 Å². The lowest BCUT2D eigenvalue weighted by Gasteiger charge is -2.35. The Hall–Kier alpha value is -2.15. The highest BCUT2D eigenvalue weighted by atomic mass is 16.6. The molecular formula is C14H20N4O3. The van der Waals surface area contributed by atoms with Crippen molar-refractivity contribution in [3.8, 4) is 0 Å². The van der Waals surface area contributed by atoms with E-state index in [2.05, 4.69) is 11.9 Å². The second-order valence-electron chi connectivity index (χ2n) is 5.48. The number of hydrogen-bond acceptors (Lipinski definition) is 5. The smallest absolute Gasteiger partial charge is 0.270 e. The summed E-state index contributed by atoms with van der Waals surface area (Å²) in [6.45, 7) is 1.87. The van der Waals surface area contributed by atoms with Crippen LogP contribution in [0.4, 0.5) is 11.4 Å². The highest BCUT2D eigenvalue weighted by Crippen LogP contribution is 2.23. The number of nitrogens with two attached hydrogens (primary N) is 1. The van der Waals surface area contributed by atoms with Crippen molar-refractivity contribution in [3.63, 3.8) is 0 Å². The summed E-state index contributed by atoms with van der Waals surface area (Å²) < 4.78 is 0. The molecule has 1 heterocycles. The average Bonchev–Trinajstić information content (AvgIpc) is 2.47. The molecule has 1 saturated heterocycles. The summed E-state index contributed by atoms with van der Waals surface area (Å²) in [6, 6.07) is 4.12. The van der Waals surface area contributed by atoms with Gasteiger partial charge in [-0.15, -0.1) is 0 Å². The molecule has 0 saturated carbocycles. The third kappa shape index (κ3) is 3.30. The fourth-order valence-corrected chi connectivity index (χ4v) is 2.58. The van der Waals surface area contributed by atoms with Gasteiger partial charge in [0.05, 0.1) is 10.5 Å². The van der Waals surface area contributed by atoms with E-state index in [-0.39, 0.29) is 28.9 Å². The summed E-state index contributed by atoms with van der Waals surface area (Å²) in [7, 11) is 3.78. The number of nitro groups is 1. The second-order valence-corrected chi connectivity index (χ2v) is 5.48. The summed E-state index contributed by atoms with van der Waals surface area (Å²) in [5.41, 5.74) is 6.15. The molecule has 0 unspecified atom stereocenters. The van der Waals surface area contributed by atoms with Gasteiger partial charge in [-0.3, -0.25) is 14.9 Å². The van der Waals surface area contributed by atoms with Crippen LogP contribution in [0.1, 0.15) is 23.2 Å². The highest BCUT2D eigenvalue weighted by Gasteiger charge is 2.26. The zero-order valence-electron chi connectivity index (χ0n) is 12.3. The number of benzene rings is 1. The van der Waals surface area contributed by atoms with Crippen LogP contribution in [0.5, 0.6) is 0 Å². The molecule has 0 radical (unpaired) electrons. The van der Waals surface area contributed by atoms with Gasteiger partial charge in [-0.25, -0.2) is 0 Å². The first-order valence-corrected chi connectivity index (χ1v) is 6.89. The largest absolute Gasteiger partial charge is 0.398 e. The number of likely N-dealkylation sites (tertiary alicyclic amines) is 1. The van der Waals surface area contributed by atoms with Gasteiger partial charge in [0.2, 0.25) is 0 Å². The Morgan fingerprint density at radius 3 is 2.62 bits per heavy atom. The number of nitro benzene ring substituents is 1. The third-order valence-electron chi connectivity index (χ3n) is 4.03. The molecule has 1 aliphatic rings. The Balaban J connectivity index is 2.19. The molecule has 0 aromatic heterocycles. The molecule has 1 aliphatic heterocycles. The van der Waals surface area contributed by atoms with Crippen LogP contribution in [0.2, 0.25) is 0 Å². The van der Waals surface area contributed by atoms with Gasteiger partial charge in [-0.05, 0) is 39.0 Å². The number of nitrogens with zero attached hydrogens (tertiary/aromatic N) is 3. The fourth-order valence-electron chi connectivity index (χ4n) is 2.58. The molecule has 0 bridgehead atoms. The third-order valence-corrected chi connectivity index (χ3v) is 4.03. The van der Waals surface area contributed by atoms with E-state index in [1.807, 2.05) is 0 Å². The molecule has 114 valence electrons. The standard InChI is InChI=1S/C14H20N4O3/c1-16-7-5-10(6-8-16)17(2)14(19)12-9-11(18(20)21)3-4-13(12)15/h3-4,9-10H,5-8,15H2,1-2H3. The van der Waals surface area contributed by atoms with Gasteiger partial charge in [0.15, 0.2) is 0 Å².